The van der Waals surface area contributed by atoms with Crippen LogP contribution < -0.4 is 5.32 Å². The third kappa shape index (κ3) is 2.32. The zero-order chi connectivity index (χ0) is 13.6. The number of carbonyl (C=O) groups excluding carboxylic acids is 2. The average Bonchev–Trinajstić information content (AvgIpc) is 3.12. The molecule has 2 aliphatic rings. The van der Waals surface area contributed by atoms with E-state index in [1.54, 1.807) is 6.07 Å². The summed E-state index contributed by atoms with van der Waals surface area (Å²) in [5.74, 6) is -0.154. The molecule has 3 rings (SSSR count). The van der Waals surface area contributed by atoms with Gasteiger partial charge in [-0.25, -0.2) is 0 Å². The van der Waals surface area contributed by atoms with Crippen LogP contribution in [0.1, 0.15) is 24.8 Å². The summed E-state index contributed by atoms with van der Waals surface area (Å²) in [6.45, 7) is 1.92. The van der Waals surface area contributed by atoms with Gasteiger partial charge in [-0.05, 0) is 43.5 Å². The number of anilines is 1. The zero-order valence-electron chi connectivity index (χ0n) is 10.6. The van der Waals surface area contributed by atoms with Crippen molar-refractivity contribution in [1.82, 2.24) is 4.90 Å². The number of amides is 2. The van der Waals surface area contributed by atoms with Crippen molar-refractivity contribution in [1.29, 1.82) is 0 Å². The maximum absolute atomic E-state index is 12.2. The lowest BCUT2D eigenvalue weighted by Crippen LogP contribution is -2.36. The number of halogens is 1. The first-order valence-corrected chi connectivity index (χ1v) is 6.82. The molecule has 100 valence electrons. The quantitative estimate of drug-likeness (QED) is 0.864. The molecule has 0 spiro atoms. The summed E-state index contributed by atoms with van der Waals surface area (Å²) in [7, 11) is 0. The lowest BCUT2D eigenvalue weighted by molar-refractivity contribution is -0.139. The Bertz CT molecular complexity index is 554. The first-order chi connectivity index (χ1) is 9.06. The number of likely N-dealkylation sites (tertiary alicyclic amines) is 1. The highest BCUT2D eigenvalue weighted by molar-refractivity contribution is 6.30. The molecule has 1 aliphatic carbocycles. The summed E-state index contributed by atoms with van der Waals surface area (Å²) in [6.07, 6.45) is 2.14. The second-order valence-corrected chi connectivity index (χ2v) is 5.63. The smallest absolute Gasteiger partial charge is 0.252 e. The minimum atomic E-state index is -0.437. The summed E-state index contributed by atoms with van der Waals surface area (Å²) in [6, 6.07) is 5.17. The van der Waals surface area contributed by atoms with E-state index in [1.165, 1.54) is 4.90 Å². The fourth-order valence-corrected chi connectivity index (χ4v) is 2.68. The van der Waals surface area contributed by atoms with Gasteiger partial charge >= 0.3 is 0 Å². The zero-order valence-corrected chi connectivity index (χ0v) is 11.4. The fraction of sp³-hybridized carbons (Fsp3) is 0.429. The van der Waals surface area contributed by atoms with E-state index in [4.69, 9.17) is 11.6 Å². The van der Waals surface area contributed by atoms with Crippen molar-refractivity contribution < 1.29 is 9.59 Å². The number of hydrogen-bond donors (Lipinski definition) is 1. The van der Waals surface area contributed by atoms with Crippen molar-refractivity contribution in [2.75, 3.05) is 5.32 Å². The van der Waals surface area contributed by atoms with Crippen molar-refractivity contribution >= 4 is 29.1 Å². The lowest BCUT2D eigenvalue weighted by atomic mass is 10.1. The molecule has 1 atom stereocenters. The van der Waals surface area contributed by atoms with Crippen molar-refractivity contribution in [3.63, 3.8) is 0 Å². The summed E-state index contributed by atoms with van der Waals surface area (Å²) in [5, 5.41) is 3.82. The molecule has 0 aromatic heterocycles. The van der Waals surface area contributed by atoms with Gasteiger partial charge in [-0.1, -0.05) is 11.6 Å². The molecule has 1 aromatic carbocycles. The predicted octanol–water partition coefficient (Wildman–Crippen LogP) is 2.35. The summed E-state index contributed by atoms with van der Waals surface area (Å²) in [4.78, 5) is 25.5. The maximum atomic E-state index is 12.2. The lowest BCUT2D eigenvalue weighted by Gasteiger charge is -2.16. The second-order valence-electron chi connectivity index (χ2n) is 5.19. The Kier molecular flexibility index (Phi) is 2.97. The largest absolute Gasteiger partial charge is 0.373 e. The van der Waals surface area contributed by atoms with Crippen LogP contribution in [0.5, 0.6) is 0 Å². The van der Waals surface area contributed by atoms with Crippen LogP contribution in [-0.4, -0.2) is 28.8 Å². The number of aryl methyl sites for hydroxylation is 1. The minimum absolute atomic E-state index is 0.0587. The van der Waals surface area contributed by atoms with Crippen LogP contribution in [-0.2, 0) is 9.59 Å². The molecule has 1 saturated heterocycles. The molecule has 1 heterocycles. The Morgan fingerprint density at radius 1 is 1.32 bits per heavy atom. The van der Waals surface area contributed by atoms with E-state index < -0.39 is 6.04 Å². The molecule has 0 bridgehead atoms. The molecule has 1 aromatic rings. The second kappa shape index (κ2) is 4.53. The number of benzene rings is 1. The van der Waals surface area contributed by atoms with Crippen molar-refractivity contribution in [2.24, 2.45) is 0 Å². The number of carbonyl (C=O) groups is 2. The Hall–Kier alpha value is -1.55. The van der Waals surface area contributed by atoms with Crippen LogP contribution in [0, 0.1) is 6.92 Å². The summed E-state index contributed by atoms with van der Waals surface area (Å²) >= 11 is 5.90. The SMILES string of the molecule is Cc1cc(Cl)ccc1NC1CC(=O)N(C2CC2)C1=O. The Morgan fingerprint density at radius 2 is 2.05 bits per heavy atom. The molecule has 2 amide bonds. The van der Waals surface area contributed by atoms with Gasteiger partial charge in [0.1, 0.15) is 6.04 Å². The van der Waals surface area contributed by atoms with Gasteiger partial charge in [0.05, 0.1) is 6.42 Å². The fourth-order valence-electron chi connectivity index (χ4n) is 2.46. The van der Waals surface area contributed by atoms with Gasteiger partial charge in [0.15, 0.2) is 0 Å². The van der Waals surface area contributed by atoms with Gasteiger partial charge in [-0.3, -0.25) is 14.5 Å². The number of nitrogens with zero attached hydrogens (tertiary/aromatic N) is 1. The van der Waals surface area contributed by atoms with E-state index in [2.05, 4.69) is 5.32 Å². The topological polar surface area (TPSA) is 49.4 Å². The van der Waals surface area contributed by atoms with E-state index in [-0.39, 0.29) is 24.3 Å². The van der Waals surface area contributed by atoms with E-state index in [9.17, 15) is 9.59 Å². The Labute approximate surface area is 116 Å². The summed E-state index contributed by atoms with van der Waals surface area (Å²) in [5.41, 5.74) is 1.82. The van der Waals surface area contributed by atoms with Gasteiger partial charge in [0, 0.05) is 16.8 Å². The van der Waals surface area contributed by atoms with Crippen LogP contribution >= 0.6 is 11.6 Å². The van der Waals surface area contributed by atoms with E-state index in [0.29, 0.717) is 5.02 Å². The molecule has 0 radical (unpaired) electrons. The van der Waals surface area contributed by atoms with Gasteiger partial charge in [-0.15, -0.1) is 0 Å². The molecule has 1 unspecified atom stereocenters. The third-order valence-electron chi connectivity index (χ3n) is 3.61. The number of nitrogens with one attached hydrogen (secondary N) is 1. The van der Waals surface area contributed by atoms with E-state index in [0.717, 1.165) is 24.1 Å². The Balaban J connectivity index is 1.76. The first-order valence-electron chi connectivity index (χ1n) is 6.45. The molecule has 1 aliphatic heterocycles. The first kappa shape index (κ1) is 12.5. The highest BCUT2D eigenvalue weighted by Gasteiger charge is 2.46. The van der Waals surface area contributed by atoms with Crippen LogP contribution in [0.3, 0.4) is 0 Å². The molecule has 19 heavy (non-hydrogen) atoms. The van der Waals surface area contributed by atoms with Crippen molar-refractivity contribution in [3.8, 4) is 0 Å². The summed E-state index contributed by atoms with van der Waals surface area (Å²) < 4.78 is 0. The molecule has 4 nitrogen and oxygen atoms in total. The molecule has 2 fully saturated rings. The van der Waals surface area contributed by atoms with Crippen LogP contribution in [0.25, 0.3) is 0 Å². The number of rotatable bonds is 3. The molecule has 5 heteroatoms. The van der Waals surface area contributed by atoms with E-state index in [1.807, 2.05) is 19.1 Å². The van der Waals surface area contributed by atoms with Crippen molar-refractivity contribution in [2.45, 2.75) is 38.3 Å². The highest BCUT2D eigenvalue weighted by atomic mass is 35.5. The highest BCUT2D eigenvalue weighted by Crippen LogP contribution is 2.32. The Morgan fingerprint density at radius 3 is 2.68 bits per heavy atom. The molecular weight excluding hydrogens is 264 g/mol. The van der Waals surface area contributed by atoms with Gasteiger partial charge in [0.2, 0.25) is 5.91 Å². The molecular formula is C14H15ClN2O2. The number of hydrogen-bond acceptors (Lipinski definition) is 3. The predicted molar refractivity (Wildman–Crippen MR) is 73.1 cm³/mol. The van der Waals surface area contributed by atoms with Gasteiger partial charge in [-0.2, -0.15) is 0 Å². The average molecular weight is 279 g/mol. The van der Waals surface area contributed by atoms with Crippen LogP contribution in [0.15, 0.2) is 18.2 Å². The van der Waals surface area contributed by atoms with Crippen LogP contribution in [0.2, 0.25) is 5.02 Å². The van der Waals surface area contributed by atoms with Gasteiger partial charge < -0.3 is 5.32 Å². The maximum Gasteiger partial charge on any atom is 0.252 e. The third-order valence-corrected chi connectivity index (χ3v) is 3.85. The van der Waals surface area contributed by atoms with Crippen molar-refractivity contribution in [3.05, 3.63) is 28.8 Å². The number of imide groups is 1. The molecule has 1 N–H and O–H groups in total. The standard InChI is InChI=1S/C14H15ClN2O2/c1-8-6-9(15)2-5-11(8)16-12-7-13(18)17(14(12)19)10-3-4-10/h2,5-6,10,12,16H,3-4,7H2,1H3. The minimum Gasteiger partial charge on any atom is -0.373 e. The molecule has 1 saturated carbocycles. The van der Waals surface area contributed by atoms with E-state index >= 15 is 0 Å². The van der Waals surface area contributed by atoms with Crippen LogP contribution in [0.4, 0.5) is 5.69 Å². The normalized spacial score (nSPS) is 23.1. The monoisotopic (exact) mass is 278 g/mol. The van der Waals surface area contributed by atoms with Gasteiger partial charge in [0.25, 0.3) is 5.91 Å².